The number of carbonyl (C=O) groups is 1. The number of pyridine rings is 1. The molecule has 0 unspecified atom stereocenters. The van der Waals surface area contributed by atoms with Gasteiger partial charge < -0.3 is 4.84 Å². The maximum Gasteiger partial charge on any atom is 0.239 e. The molecule has 0 fully saturated rings. The second-order valence-electron chi connectivity index (χ2n) is 2.67. The Bertz CT molecular complexity index is 451. The van der Waals surface area contributed by atoms with Crippen molar-refractivity contribution in [3.05, 3.63) is 36.5 Å². The van der Waals surface area contributed by atoms with Gasteiger partial charge in [-0.2, -0.15) is 5.48 Å². The van der Waals surface area contributed by atoms with Crippen LogP contribution in [0, 0.1) is 0 Å². The summed E-state index contributed by atoms with van der Waals surface area (Å²) in [5.41, 5.74) is 2.86. The van der Waals surface area contributed by atoms with Gasteiger partial charge in [-0.3, -0.25) is 9.78 Å². The monoisotopic (exact) mass is 188 g/mol. The highest BCUT2D eigenvalue weighted by Gasteiger charge is 2.01. The Morgan fingerprint density at radius 2 is 2.14 bits per heavy atom. The zero-order valence-corrected chi connectivity index (χ0v) is 7.31. The summed E-state index contributed by atoms with van der Waals surface area (Å²) in [6.07, 6.45) is 2.15. The van der Waals surface area contributed by atoms with Crippen molar-refractivity contribution in [1.82, 2.24) is 10.5 Å². The molecule has 1 aromatic heterocycles. The van der Waals surface area contributed by atoms with E-state index in [2.05, 4.69) is 10.5 Å². The SMILES string of the molecule is O=CNOc1cccc2cccnc12. The van der Waals surface area contributed by atoms with Crippen LogP contribution in [-0.4, -0.2) is 11.4 Å². The van der Waals surface area contributed by atoms with Crippen LogP contribution in [0.1, 0.15) is 0 Å². The number of para-hydroxylation sites is 1. The first kappa shape index (κ1) is 8.50. The second-order valence-corrected chi connectivity index (χ2v) is 2.67. The van der Waals surface area contributed by atoms with E-state index in [1.165, 1.54) is 0 Å². The second kappa shape index (κ2) is 3.74. The molecule has 4 nitrogen and oxygen atoms in total. The standard InChI is InChI=1S/C10H8N2O2/c13-7-12-14-9-5-1-3-8-4-2-6-11-10(8)9/h1-7H,(H,12,13). The third-order valence-electron chi connectivity index (χ3n) is 1.81. The maximum absolute atomic E-state index is 10.1. The number of hydrogen-bond acceptors (Lipinski definition) is 3. The lowest BCUT2D eigenvalue weighted by Gasteiger charge is -2.04. The van der Waals surface area contributed by atoms with Crippen molar-refractivity contribution in [2.75, 3.05) is 0 Å². The number of rotatable bonds is 3. The van der Waals surface area contributed by atoms with E-state index in [0.29, 0.717) is 12.2 Å². The van der Waals surface area contributed by atoms with Gasteiger partial charge in [-0.05, 0) is 12.1 Å². The molecule has 1 N–H and O–H groups in total. The van der Waals surface area contributed by atoms with Gasteiger partial charge in [-0.1, -0.05) is 18.2 Å². The Morgan fingerprint density at radius 3 is 3.00 bits per heavy atom. The van der Waals surface area contributed by atoms with Gasteiger partial charge in [0.25, 0.3) is 0 Å². The number of nitrogens with zero attached hydrogens (tertiary/aromatic N) is 1. The lowest BCUT2D eigenvalue weighted by Crippen LogP contribution is -2.15. The molecule has 0 aliphatic heterocycles. The minimum Gasteiger partial charge on any atom is -0.377 e. The van der Waals surface area contributed by atoms with E-state index >= 15 is 0 Å². The van der Waals surface area contributed by atoms with Crippen molar-refractivity contribution >= 4 is 17.3 Å². The Hall–Kier alpha value is -2.10. The van der Waals surface area contributed by atoms with Crippen molar-refractivity contribution in [1.29, 1.82) is 0 Å². The largest absolute Gasteiger partial charge is 0.377 e. The van der Waals surface area contributed by atoms with Crippen molar-refractivity contribution < 1.29 is 9.63 Å². The van der Waals surface area contributed by atoms with E-state index in [-0.39, 0.29) is 0 Å². The molecule has 0 spiro atoms. The smallest absolute Gasteiger partial charge is 0.239 e. The maximum atomic E-state index is 10.1. The molecular formula is C10H8N2O2. The molecule has 0 saturated carbocycles. The van der Waals surface area contributed by atoms with Gasteiger partial charge in [0.05, 0.1) is 0 Å². The first-order chi connectivity index (χ1) is 6.92. The summed E-state index contributed by atoms with van der Waals surface area (Å²) in [7, 11) is 0. The highest BCUT2D eigenvalue weighted by atomic mass is 16.7. The van der Waals surface area contributed by atoms with Crippen molar-refractivity contribution in [3.8, 4) is 5.75 Å². The van der Waals surface area contributed by atoms with Crippen LogP contribution in [0.25, 0.3) is 10.9 Å². The topological polar surface area (TPSA) is 51.2 Å². The molecule has 0 radical (unpaired) electrons. The molecule has 2 rings (SSSR count). The molecule has 0 saturated heterocycles. The molecule has 2 aromatic rings. The van der Waals surface area contributed by atoms with E-state index in [4.69, 9.17) is 4.84 Å². The van der Waals surface area contributed by atoms with Crippen LogP contribution >= 0.6 is 0 Å². The quantitative estimate of drug-likeness (QED) is 0.583. The van der Waals surface area contributed by atoms with E-state index in [0.717, 1.165) is 10.9 Å². The Kier molecular flexibility index (Phi) is 2.27. The fraction of sp³-hybridized carbons (Fsp3) is 0. The van der Waals surface area contributed by atoms with Crippen LogP contribution in [0.3, 0.4) is 0 Å². The first-order valence-corrected chi connectivity index (χ1v) is 4.11. The van der Waals surface area contributed by atoms with Crippen LogP contribution in [0.4, 0.5) is 0 Å². The van der Waals surface area contributed by atoms with Crippen LogP contribution < -0.4 is 10.3 Å². The summed E-state index contributed by atoms with van der Waals surface area (Å²) < 4.78 is 0. The molecule has 4 heteroatoms. The van der Waals surface area contributed by atoms with Gasteiger partial charge in [-0.15, -0.1) is 0 Å². The van der Waals surface area contributed by atoms with Gasteiger partial charge in [0.15, 0.2) is 5.75 Å². The third kappa shape index (κ3) is 1.50. The lowest BCUT2D eigenvalue weighted by atomic mass is 10.2. The molecule has 0 aliphatic rings. The van der Waals surface area contributed by atoms with Gasteiger partial charge in [0.2, 0.25) is 6.41 Å². The fourth-order valence-electron chi connectivity index (χ4n) is 1.25. The van der Waals surface area contributed by atoms with Crippen LogP contribution in [-0.2, 0) is 4.79 Å². The summed E-state index contributed by atoms with van der Waals surface area (Å²) in [6.45, 7) is 0. The molecule has 0 atom stereocenters. The minimum absolute atomic E-state index is 0.474. The zero-order chi connectivity index (χ0) is 9.80. The van der Waals surface area contributed by atoms with Crippen LogP contribution in [0.2, 0.25) is 0 Å². The van der Waals surface area contributed by atoms with Crippen molar-refractivity contribution in [3.63, 3.8) is 0 Å². The molecule has 14 heavy (non-hydrogen) atoms. The Morgan fingerprint density at radius 1 is 1.29 bits per heavy atom. The fourth-order valence-corrected chi connectivity index (χ4v) is 1.25. The molecule has 0 bridgehead atoms. The first-order valence-electron chi connectivity index (χ1n) is 4.11. The van der Waals surface area contributed by atoms with Crippen LogP contribution in [0.15, 0.2) is 36.5 Å². The van der Waals surface area contributed by atoms with Crippen LogP contribution in [0.5, 0.6) is 5.75 Å². The number of benzene rings is 1. The highest BCUT2D eigenvalue weighted by molar-refractivity contribution is 5.84. The van der Waals surface area contributed by atoms with E-state index < -0.39 is 0 Å². The van der Waals surface area contributed by atoms with Crippen molar-refractivity contribution in [2.24, 2.45) is 0 Å². The highest BCUT2D eigenvalue weighted by Crippen LogP contribution is 2.21. The number of amides is 1. The summed E-state index contributed by atoms with van der Waals surface area (Å²) in [5.74, 6) is 0.537. The third-order valence-corrected chi connectivity index (χ3v) is 1.81. The number of hydroxylamine groups is 1. The number of aromatic nitrogens is 1. The normalized spacial score (nSPS) is 9.71. The average molecular weight is 188 g/mol. The Labute approximate surface area is 80.5 Å². The molecule has 1 amide bonds. The molecular weight excluding hydrogens is 180 g/mol. The lowest BCUT2D eigenvalue weighted by molar-refractivity contribution is -0.115. The minimum atomic E-state index is 0.474. The van der Waals surface area contributed by atoms with Gasteiger partial charge in [0, 0.05) is 11.6 Å². The number of fused-ring (bicyclic) bond motifs is 1. The molecule has 1 aromatic carbocycles. The van der Waals surface area contributed by atoms with Gasteiger partial charge in [0.1, 0.15) is 5.52 Å². The summed E-state index contributed by atoms with van der Waals surface area (Å²) in [5, 5.41) is 0.970. The van der Waals surface area contributed by atoms with Crippen molar-refractivity contribution in [2.45, 2.75) is 0 Å². The predicted molar refractivity (Wildman–Crippen MR) is 51.6 cm³/mol. The number of nitrogens with one attached hydrogen (secondary N) is 1. The molecule has 70 valence electrons. The summed E-state index contributed by atoms with van der Waals surface area (Å²) in [6, 6.07) is 9.28. The van der Waals surface area contributed by atoms with E-state index in [1.807, 2.05) is 24.3 Å². The molecule has 1 heterocycles. The van der Waals surface area contributed by atoms with E-state index in [9.17, 15) is 4.79 Å². The summed E-state index contributed by atoms with van der Waals surface area (Å²) in [4.78, 5) is 19.2. The summed E-state index contributed by atoms with van der Waals surface area (Å²) >= 11 is 0. The van der Waals surface area contributed by atoms with Gasteiger partial charge in [-0.25, -0.2) is 0 Å². The molecule has 0 aliphatic carbocycles. The number of carbonyl (C=O) groups excluding carboxylic acids is 1. The van der Waals surface area contributed by atoms with E-state index in [1.54, 1.807) is 12.3 Å². The zero-order valence-electron chi connectivity index (χ0n) is 7.31. The van der Waals surface area contributed by atoms with Gasteiger partial charge >= 0.3 is 0 Å². The number of hydrogen-bond donors (Lipinski definition) is 1. The average Bonchev–Trinajstić information content (AvgIpc) is 2.26. The predicted octanol–water partition coefficient (Wildman–Crippen LogP) is 1.27. The Balaban J connectivity index is 2.48.